The topological polar surface area (TPSA) is 116 Å². The zero-order valence-electron chi connectivity index (χ0n) is 20.4. The van der Waals surface area contributed by atoms with Gasteiger partial charge in [0.1, 0.15) is 55.4 Å². The Labute approximate surface area is 218 Å². The van der Waals surface area contributed by atoms with Crippen molar-refractivity contribution in [2.75, 3.05) is 39.6 Å². The van der Waals surface area contributed by atoms with Gasteiger partial charge in [0.05, 0.1) is 19.8 Å². The van der Waals surface area contributed by atoms with Gasteiger partial charge in [0.2, 0.25) is 0 Å². The van der Waals surface area contributed by atoms with Gasteiger partial charge >= 0.3 is 8.60 Å². The first kappa shape index (κ1) is 28.8. The molecule has 0 aliphatic rings. The van der Waals surface area contributed by atoms with Crippen LogP contribution in [-0.2, 0) is 13.6 Å². The lowest BCUT2D eigenvalue weighted by molar-refractivity contribution is 0.0146. The van der Waals surface area contributed by atoms with Crippen molar-refractivity contribution >= 4 is 8.60 Å². The molecule has 0 bridgehead atoms. The minimum Gasteiger partial charge on any atom is -0.491 e. The van der Waals surface area contributed by atoms with Crippen molar-refractivity contribution in [3.63, 3.8) is 0 Å². The number of rotatable bonds is 18. The second-order valence-electron chi connectivity index (χ2n) is 7.94. The minimum absolute atomic E-state index is 0.00820. The first-order valence-electron chi connectivity index (χ1n) is 11.8. The van der Waals surface area contributed by atoms with Gasteiger partial charge in [-0.2, -0.15) is 0 Å². The van der Waals surface area contributed by atoms with Crippen LogP contribution in [0.15, 0.2) is 91.0 Å². The standard InChI is InChI=1S/C27H33O9P/c28-22(16-31-25-10-4-1-5-11-25)19-34-37(35-20-23(29)17-32-26-12-6-2-7-13-26)36-21-24(30)18-33-27-14-8-3-9-15-27/h1-15,22-24,28-30H,16-21H2. The first-order valence-corrected chi connectivity index (χ1v) is 12.9. The molecular formula is C27H33O9P. The summed E-state index contributed by atoms with van der Waals surface area (Å²) in [6, 6.07) is 27.3. The molecule has 0 radical (unpaired) electrons. The van der Waals surface area contributed by atoms with Crippen LogP contribution in [0.3, 0.4) is 0 Å². The van der Waals surface area contributed by atoms with E-state index in [1.54, 1.807) is 36.4 Å². The largest absolute Gasteiger partial charge is 0.491 e. The van der Waals surface area contributed by atoms with Gasteiger partial charge in [-0.3, -0.25) is 0 Å². The van der Waals surface area contributed by atoms with Crippen molar-refractivity contribution in [2.45, 2.75) is 18.3 Å². The summed E-state index contributed by atoms with van der Waals surface area (Å²) >= 11 is 0. The Morgan fingerprint density at radius 1 is 0.432 bits per heavy atom. The van der Waals surface area contributed by atoms with Gasteiger partial charge in [-0.25, -0.2) is 0 Å². The van der Waals surface area contributed by atoms with E-state index in [-0.39, 0.29) is 39.6 Å². The Kier molecular flexibility index (Phi) is 13.2. The molecule has 0 saturated heterocycles. The molecule has 0 aliphatic heterocycles. The number of aliphatic hydroxyl groups is 3. The fourth-order valence-corrected chi connectivity index (χ4v) is 3.93. The average molecular weight is 533 g/mol. The highest BCUT2D eigenvalue weighted by atomic mass is 31.2. The number of hydrogen-bond acceptors (Lipinski definition) is 9. The van der Waals surface area contributed by atoms with Gasteiger partial charge < -0.3 is 43.1 Å². The molecule has 0 aromatic heterocycles. The Morgan fingerprint density at radius 3 is 0.973 bits per heavy atom. The molecule has 0 amide bonds. The smallest absolute Gasteiger partial charge is 0.332 e. The van der Waals surface area contributed by atoms with Crippen molar-refractivity contribution in [2.24, 2.45) is 0 Å². The molecule has 9 nitrogen and oxygen atoms in total. The third-order valence-corrected chi connectivity index (χ3v) is 5.75. The van der Waals surface area contributed by atoms with Crippen LogP contribution in [-0.4, -0.2) is 73.3 Å². The van der Waals surface area contributed by atoms with Crippen molar-refractivity contribution in [3.05, 3.63) is 91.0 Å². The van der Waals surface area contributed by atoms with Crippen LogP contribution in [0, 0.1) is 0 Å². The van der Waals surface area contributed by atoms with Crippen LogP contribution in [0.1, 0.15) is 0 Å². The maximum atomic E-state index is 10.2. The number of aliphatic hydroxyl groups excluding tert-OH is 3. The van der Waals surface area contributed by atoms with Gasteiger partial charge in [-0.15, -0.1) is 0 Å². The maximum Gasteiger partial charge on any atom is 0.332 e. The quantitative estimate of drug-likeness (QED) is 0.211. The zero-order valence-corrected chi connectivity index (χ0v) is 21.3. The first-order chi connectivity index (χ1) is 18.1. The van der Waals surface area contributed by atoms with Crippen molar-refractivity contribution in [3.8, 4) is 17.2 Å². The Balaban J connectivity index is 1.43. The average Bonchev–Trinajstić information content (AvgIpc) is 2.95. The maximum absolute atomic E-state index is 10.2. The van der Waals surface area contributed by atoms with Crippen LogP contribution in [0.25, 0.3) is 0 Å². The van der Waals surface area contributed by atoms with E-state index in [9.17, 15) is 15.3 Å². The van der Waals surface area contributed by atoms with E-state index in [0.29, 0.717) is 17.2 Å². The molecule has 0 spiro atoms. The van der Waals surface area contributed by atoms with Gasteiger partial charge in [0, 0.05) is 0 Å². The molecular weight excluding hydrogens is 499 g/mol. The summed E-state index contributed by atoms with van der Waals surface area (Å²) < 4.78 is 33.4. The minimum atomic E-state index is -2.00. The summed E-state index contributed by atoms with van der Waals surface area (Å²) in [4.78, 5) is 0. The van der Waals surface area contributed by atoms with Crippen LogP contribution in [0.5, 0.6) is 17.2 Å². The van der Waals surface area contributed by atoms with Crippen LogP contribution in [0.4, 0.5) is 0 Å². The molecule has 3 rings (SSSR count). The third kappa shape index (κ3) is 12.4. The van der Waals surface area contributed by atoms with Gasteiger partial charge in [-0.05, 0) is 36.4 Å². The van der Waals surface area contributed by atoms with Crippen LogP contribution < -0.4 is 14.2 Å². The zero-order chi connectivity index (χ0) is 26.1. The lowest BCUT2D eigenvalue weighted by Gasteiger charge is -2.21. The lowest BCUT2D eigenvalue weighted by atomic mass is 10.3. The summed E-state index contributed by atoms with van der Waals surface area (Å²) in [5.74, 6) is 1.87. The Morgan fingerprint density at radius 2 is 0.703 bits per heavy atom. The Bertz CT molecular complexity index is 838. The SMILES string of the molecule is OC(COc1ccccc1)COP(OCC(O)COc1ccccc1)OCC(O)COc1ccccc1. The summed E-state index contributed by atoms with van der Waals surface area (Å²) in [5.41, 5.74) is 0. The van der Waals surface area contributed by atoms with Gasteiger partial charge in [0.15, 0.2) is 0 Å². The Hall–Kier alpha value is -2.75. The van der Waals surface area contributed by atoms with E-state index >= 15 is 0 Å². The molecule has 10 heteroatoms. The molecule has 0 saturated carbocycles. The summed E-state index contributed by atoms with van der Waals surface area (Å²) in [7, 11) is -2.00. The van der Waals surface area contributed by atoms with E-state index < -0.39 is 26.9 Å². The monoisotopic (exact) mass is 532 g/mol. The number of benzene rings is 3. The molecule has 3 N–H and O–H groups in total. The van der Waals surface area contributed by atoms with Crippen molar-refractivity contribution in [1.29, 1.82) is 0 Å². The summed E-state index contributed by atoms with van der Waals surface area (Å²) in [6.45, 7) is -0.375. The van der Waals surface area contributed by atoms with E-state index in [1.807, 2.05) is 54.6 Å². The predicted molar refractivity (Wildman–Crippen MR) is 139 cm³/mol. The van der Waals surface area contributed by atoms with E-state index in [0.717, 1.165) is 0 Å². The van der Waals surface area contributed by atoms with Crippen LogP contribution >= 0.6 is 8.60 Å². The molecule has 0 heterocycles. The van der Waals surface area contributed by atoms with Crippen molar-refractivity contribution in [1.82, 2.24) is 0 Å². The molecule has 37 heavy (non-hydrogen) atoms. The number of para-hydroxylation sites is 3. The third-order valence-electron chi connectivity index (χ3n) is 4.67. The number of hydrogen-bond donors (Lipinski definition) is 3. The van der Waals surface area contributed by atoms with E-state index in [2.05, 4.69) is 0 Å². The summed E-state index contributed by atoms with van der Waals surface area (Å²) in [6.07, 6.45) is -2.85. The number of ether oxygens (including phenoxy) is 3. The summed E-state index contributed by atoms with van der Waals surface area (Å²) in [5, 5.41) is 30.7. The second kappa shape index (κ2) is 16.9. The van der Waals surface area contributed by atoms with Gasteiger partial charge in [0.25, 0.3) is 0 Å². The predicted octanol–water partition coefficient (Wildman–Crippen LogP) is 3.58. The lowest BCUT2D eigenvalue weighted by Crippen LogP contribution is -2.26. The molecule has 0 aliphatic carbocycles. The van der Waals surface area contributed by atoms with Gasteiger partial charge in [-0.1, -0.05) is 54.6 Å². The molecule has 0 fully saturated rings. The molecule has 200 valence electrons. The fourth-order valence-electron chi connectivity index (χ4n) is 2.82. The highest BCUT2D eigenvalue weighted by molar-refractivity contribution is 7.41. The molecule has 3 aromatic carbocycles. The van der Waals surface area contributed by atoms with E-state index in [4.69, 9.17) is 27.8 Å². The molecule has 3 aromatic rings. The molecule has 3 atom stereocenters. The highest BCUT2D eigenvalue weighted by Crippen LogP contribution is 2.40. The van der Waals surface area contributed by atoms with Crippen molar-refractivity contribution < 1.29 is 43.1 Å². The normalized spacial score (nSPS) is 14.4. The van der Waals surface area contributed by atoms with Crippen LogP contribution in [0.2, 0.25) is 0 Å². The highest BCUT2D eigenvalue weighted by Gasteiger charge is 2.20. The van der Waals surface area contributed by atoms with E-state index in [1.165, 1.54) is 0 Å². The molecule has 3 unspecified atom stereocenters. The second-order valence-corrected chi connectivity index (χ2v) is 9.17. The fraction of sp³-hybridized carbons (Fsp3) is 0.333.